The topological polar surface area (TPSA) is 54.8 Å². The molecular formula is C21H19N3O2S. The van der Waals surface area contributed by atoms with E-state index in [1.54, 1.807) is 29.3 Å². The van der Waals surface area contributed by atoms with E-state index in [1.807, 2.05) is 42.5 Å². The SMILES string of the molecule is C=CCOc1ccccc1/C=C1\S/C(=N/c2ccccn2)N(CC=C)C1=O. The van der Waals surface area contributed by atoms with Crippen molar-refractivity contribution in [2.24, 2.45) is 4.99 Å². The van der Waals surface area contributed by atoms with E-state index in [1.165, 1.54) is 11.8 Å². The quantitative estimate of drug-likeness (QED) is 0.529. The molecule has 1 aromatic carbocycles. The van der Waals surface area contributed by atoms with Crippen LogP contribution in [0.1, 0.15) is 5.56 Å². The van der Waals surface area contributed by atoms with Gasteiger partial charge in [-0.15, -0.1) is 6.58 Å². The number of pyridine rings is 1. The highest BCUT2D eigenvalue weighted by molar-refractivity contribution is 8.18. The lowest BCUT2D eigenvalue weighted by Gasteiger charge is -2.12. The van der Waals surface area contributed by atoms with E-state index in [0.29, 0.717) is 34.8 Å². The van der Waals surface area contributed by atoms with Crippen molar-refractivity contribution >= 4 is 34.7 Å². The maximum absolute atomic E-state index is 12.9. The van der Waals surface area contributed by atoms with Crippen LogP contribution in [0.2, 0.25) is 0 Å². The van der Waals surface area contributed by atoms with Crippen LogP contribution in [0.15, 0.2) is 83.9 Å². The van der Waals surface area contributed by atoms with Gasteiger partial charge in [0.15, 0.2) is 11.0 Å². The lowest BCUT2D eigenvalue weighted by atomic mass is 10.2. The minimum Gasteiger partial charge on any atom is -0.489 e. The van der Waals surface area contributed by atoms with E-state index >= 15 is 0 Å². The zero-order valence-electron chi connectivity index (χ0n) is 14.7. The first-order chi connectivity index (χ1) is 13.2. The van der Waals surface area contributed by atoms with E-state index in [4.69, 9.17) is 4.74 Å². The first kappa shape index (κ1) is 18.7. The second-order valence-electron chi connectivity index (χ2n) is 5.53. The van der Waals surface area contributed by atoms with E-state index in [-0.39, 0.29) is 5.91 Å². The van der Waals surface area contributed by atoms with Crippen molar-refractivity contribution in [3.63, 3.8) is 0 Å². The molecule has 0 spiro atoms. The molecule has 2 heterocycles. The predicted octanol–water partition coefficient (Wildman–Crippen LogP) is 4.44. The van der Waals surface area contributed by atoms with Gasteiger partial charge in [0.25, 0.3) is 5.91 Å². The number of aliphatic imine (C=N–C) groups is 1. The van der Waals surface area contributed by atoms with Gasteiger partial charge >= 0.3 is 0 Å². The summed E-state index contributed by atoms with van der Waals surface area (Å²) in [5, 5.41) is 0.578. The highest BCUT2D eigenvalue weighted by Gasteiger charge is 2.32. The number of para-hydroxylation sites is 1. The number of nitrogens with zero attached hydrogens (tertiary/aromatic N) is 3. The molecule has 1 aromatic heterocycles. The number of carbonyl (C=O) groups excluding carboxylic acids is 1. The molecule has 0 radical (unpaired) electrons. The molecule has 1 saturated heterocycles. The molecule has 5 nitrogen and oxygen atoms in total. The molecule has 136 valence electrons. The van der Waals surface area contributed by atoms with Crippen molar-refractivity contribution in [3.8, 4) is 5.75 Å². The zero-order valence-corrected chi connectivity index (χ0v) is 15.6. The Morgan fingerprint density at radius 2 is 1.96 bits per heavy atom. The average molecular weight is 377 g/mol. The molecule has 6 heteroatoms. The minimum absolute atomic E-state index is 0.117. The van der Waals surface area contributed by atoms with E-state index < -0.39 is 0 Å². The molecule has 0 unspecified atom stereocenters. The van der Waals surface area contributed by atoms with Gasteiger partial charge in [0, 0.05) is 18.3 Å². The van der Waals surface area contributed by atoms with E-state index in [2.05, 4.69) is 23.1 Å². The number of hydrogen-bond donors (Lipinski definition) is 0. The van der Waals surface area contributed by atoms with Crippen molar-refractivity contribution < 1.29 is 9.53 Å². The predicted molar refractivity (Wildman–Crippen MR) is 111 cm³/mol. The fraction of sp³-hybridized carbons (Fsp3) is 0.0952. The van der Waals surface area contributed by atoms with Crippen LogP contribution in [-0.4, -0.2) is 34.1 Å². The van der Waals surface area contributed by atoms with E-state index in [0.717, 1.165) is 5.56 Å². The van der Waals surface area contributed by atoms with Crippen LogP contribution < -0.4 is 4.74 Å². The number of carbonyl (C=O) groups is 1. The summed E-state index contributed by atoms with van der Waals surface area (Å²) in [7, 11) is 0. The van der Waals surface area contributed by atoms with Crippen LogP contribution in [0.3, 0.4) is 0 Å². The Bertz CT molecular complexity index is 907. The van der Waals surface area contributed by atoms with Gasteiger partial charge in [0.05, 0.1) is 4.91 Å². The summed E-state index contributed by atoms with van der Waals surface area (Å²) in [6, 6.07) is 13.0. The molecule has 27 heavy (non-hydrogen) atoms. The molecular weight excluding hydrogens is 358 g/mol. The van der Waals surface area contributed by atoms with Crippen molar-refractivity contribution in [2.75, 3.05) is 13.2 Å². The van der Waals surface area contributed by atoms with Crippen LogP contribution in [0.4, 0.5) is 5.82 Å². The van der Waals surface area contributed by atoms with Gasteiger partial charge in [-0.2, -0.15) is 0 Å². The van der Waals surface area contributed by atoms with Crippen molar-refractivity contribution in [1.82, 2.24) is 9.88 Å². The summed E-state index contributed by atoms with van der Waals surface area (Å²) in [5.41, 5.74) is 0.827. The Balaban J connectivity index is 1.94. The van der Waals surface area contributed by atoms with Gasteiger partial charge in [-0.05, 0) is 36.0 Å². The maximum atomic E-state index is 12.9. The Hall–Kier alpha value is -3.12. The lowest BCUT2D eigenvalue weighted by molar-refractivity contribution is -0.121. The van der Waals surface area contributed by atoms with Crippen molar-refractivity contribution in [2.45, 2.75) is 0 Å². The largest absolute Gasteiger partial charge is 0.489 e. The average Bonchev–Trinajstić information content (AvgIpc) is 2.97. The van der Waals surface area contributed by atoms with Crippen LogP contribution in [0.5, 0.6) is 5.75 Å². The van der Waals surface area contributed by atoms with Gasteiger partial charge in [0.2, 0.25) is 0 Å². The number of benzene rings is 1. The first-order valence-corrected chi connectivity index (χ1v) is 9.19. The second-order valence-corrected chi connectivity index (χ2v) is 6.54. The Kier molecular flexibility index (Phi) is 6.22. The van der Waals surface area contributed by atoms with Gasteiger partial charge in [-0.1, -0.05) is 43.0 Å². The smallest absolute Gasteiger partial charge is 0.267 e. The third-order valence-corrected chi connectivity index (χ3v) is 4.63. The third-order valence-electron chi connectivity index (χ3n) is 3.62. The summed E-state index contributed by atoms with van der Waals surface area (Å²) in [4.78, 5) is 23.7. The Labute approximate surface area is 162 Å². The molecule has 3 rings (SSSR count). The van der Waals surface area contributed by atoms with E-state index in [9.17, 15) is 4.79 Å². The number of thioether (sulfide) groups is 1. The number of rotatable bonds is 7. The molecule has 0 N–H and O–H groups in total. The van der Waals surface area contributed by atoms with Crippen molar-refractivity contribution in [3.05, 3.63) is 84.4 Å². The van der Waals surface area contributed by atoms with Crippen LogP contribution in [0, 0.1) is 0 Å². The molecule has 1 amide bonds. The monoisotopic (exact) mass is 377 g/mol. The van der Waals surface area contributed by atoms with Crippen molar-refractivity contribution in [1.29, 1.82) is 0 Å². The molecule has 0 aliphatic carbocycles. The standard InChI is InChI=1S/C21H19N3O2S/c1-3-13-24-20(25)18(27-21(24)23-19-11-7-8-12-22-19)15-16-9-5-6-10-17(16)26-14-4-2/h3-12,15H,1-2,13-14H2/b18-15-,23-21+. The second kappa shape index (κ2) is 9.00. The molecule has 0 bridgehead atoms. The lowest BCUT2D eigenvalue weighted by Crippen LogP contribution is -2.29. The maximum Gasteiger partial charge on any atom is 0.267 e. The number of amidine groups is 1. The molecule has 1 aliphatic rings. The summed E-state index contributed by atoms with van der Waals surface area (Å²) in [6.45, 7) is 8.18. The fourth-order valence-corrected chi connectivity index (χ4v) is 3.41. The molecule has 2 aromatic rings. The molecule has 0 saturated carbocycles. The number of hydrogen-bond acceptors (Lipinski definition) is 5. The van der Waals surface area contributed by atoms with Gasteiger partial charge in [-0.25, -0.2) is 9.98 Å². The normalized spacial score (nSPS) is 16.7. The van der Waals surface area contributed by atoms with Crippen LogP contribution in [-0.2, 0) is 4.79 Å². The molecule has 1 aliphatic heterocycles. The summed E-state index contributed by atoms with van der Waals surface area (Å²) >= 11 is 1.31. The molecule has 0 atom stereocenters. The highest BCUT2D eigenvalue weighted by atomic mass is 32.2. The highest BCUT2D eigenvalue weighted by Crippen LogP contribution is 2.35. The third kappa shape index (κ3) is 4.54. The summed E-state index contributed by atoms with van der Waals surface area (Å²) in [5.74, 6) is 1.13. The summed E-state index contributed by atoms with van der Waals surface area (Å²) < 4.78 is 5.68. The Morgan fingerprint density at radius 3 is 2.70 bits per heavy atom. The van der Waals surface area contributed by atoms with Crippen LogP contribution >= 0.6 is 11.8 Å². The number of aromatic nitrogens is 1. The van der Waals surface area contributed by atoms with Gasteiger partial charge < -0.3 is 4.74 Å². The zero-order chi connectivity index (χ0) is 19.1. The first-order valence-electron chi connectivity index (χ1n) is 8.37. The summed E-state index contributed by atoms with van der Waals surface area (Å²) in [6.07, 6.45) is 6.85. The number of ether oxygens (including phenoxy) is 1. The van der Waals surface area contributed by atoms with Gasteiger partial charge in [-0.3, -0.25) is 9.69 Å². The van der Waals surface area contributed by atoms with Gasteiger partial charge in [0.1, 0.15) is 12.4 Å². The van der Waals surface area contributed by atoms with Crippen LogP contribution in [0.25, 0.3) is 6.08 Å². The number of amides is 1. The fourth-order valence-electron chi connectivity index (χ4n) is 2.42. The molecule has 1 fully saturated rings. The minimum atomic E-state index is -0.117. The Morgan fingerprint density at radius 1 is 1.15 bits per heavy atom.